The van der Waals surface area contributed by atoms with E-state index in [4.69, 9.17) is 0 Å². The van der Waals surface area contributed by atoms with Crippen molar-refractivity contribution in [3.8, 4) is 0 Å². The van der Waals surface area contributed by atoms with Gasteiger partial charge in [-0.2, -0.15) is 0 Å². The molecule has 1 aliphatic rings. The standard InChI is InChI=1S/C16H18FNO3/c1-9-7-11(12(16(20)21)8-10(9)2)15(19)18-14-6-4-3-5-13(14)17/h3-6,11-12H,7-8H2,1-2H3,(H,18,19)(H,20,21)/t11-,12+/m1/s1. The van der Waals surface area contributed by atoms with Gasteiger partial charge >= 0.3 is 5.97 Å². The second-order valence-electron chi connectivity index (χ2n) is 5.49. The van der Waals surface area contributed by atoms with Gasteiger partial charge in [-0.15, -0.1) is 0 Å². The molecule has 2 atom stereocenters. The number of hydrogen-bond donors (Lipinski definition) is 2. The van der Waals surface area contributed by atoms with E-state index in [0.29, 0.717) is 12.8 Å². The normalized spacial score (nSPS) is 22.0. The van der Waals surface area contributed by atoms with Gasteiger partial charge < -0.3 is 10.4 Å². The fourth-order valence-corrected chi connectivity index (χ4v) is 2.62. The predicted octanol–water partition coefficient (Wildman–Crippen LogP) is 3.21. The molecular formula is C16H18FNO3. The Morgan fingerprint density at radius 2 is 1.71 bits per heavy atom. The first-order chi connectivity index (χ1) is 9.90. The van der Waals surface area contributed by atoms with Crippen molar-refractivity contribution in [1.29, 1.82) is 0 Å². The van der Waals surface area contributed by atoms with E-state index in [-0.39, 0.29) is 5.69 Å². The van der Waals surface area contributed by atoms with Gasteiger partial charge in [-0.1, -0.05) is 23.3 Å². The van der Waals surface area contributed by atoms with Crippen LogP contribution in [-0.4, -0.2) is 17.0 Å². The molecule has 2 rings (SSSR count). The zero-order valence-corrected chi connectivity index (χ0v) is 12.0. The van der Waals surface area contributed by atoms with Crippen LogP contribution in [0.15, 0.2) is 35.4 Å². The summed E-state index contributed by atoms with van der Waals surface area (Å²) in [6.45, 7) is 3.78. The number of nitrogens with one attached hydrogen (secondary N) is 1. The molecule has 112 valence electrons. The average Bonchev–Trinajstić information content (AvgIpc) is 2.43. The Hall–Kier alpha value is -2.17. The fraction of sp³-hybridized carbons (Fsp3) is 0.375. The summed E-state index contributed by atoms with van der Waals surface area (Å²) in [6, 6.07) is 5.85. The van der Waals surface area contributed by atoms with Crippen LogP contribution in [0.4, 0.5) is 10.1 Å². The molecule has 0 aliphatic heterocycles. The molecule has 0 aromatic heterocycles. The molecule has 0 spiro atoms. The number of rotatable bonds is 3. The summed E-state index contributed by atoms with van der Waals surface area (Å²) in [4.78, 5) is 23.7. The molecule has 5 heteroatoms. The number of carbonyl (C=O) groups is 2. The van der Waals surface area contributed by atoms with Crippen molar-refractivity contribution < 1.29 is 19.1 Å². The van der Waals surface area contributed by atoms with Crippen molar-refractivity contribution in [2.24, 2.45) is 11.8 Å². The predicted molar refractivity (Wildman–Crippen MR) is 77.3 cm³/mol. The molecule has 1 aliphatic carbocycles. The summed E-state index contributed by atoms with van der Waals surface area (Å²) in [5.74, 6) is -3.40. The molecule has 2 N–H and O–H groups in total. The van der Waals surface area contributed by atoms with Gasteiger partial charge in [-0.25, -0.2) is 4.39 Å². The molecule has 1 aromatic carbocycles. The summed E-state index contributed by atoms with van der Waals surface area (Å²) in [5, 5.41) is 11.8. The Labute approximate surface area is 122 Å². The van der Waals surface area contributed by atoms with Crippen LogP contribution >= 0.6 is 0 Å². The zero-order chi connectivity index (χ0) is 15.6. The minimum Gasteiger partial charge on any atom is -0.481 e. The smallest absolute Gasteiger partial charge is 0.307 e. The van der Waals surface area contributed by atoms with Gasteiger partial charge in [0.05, 0.1) is 17.5 Å². The van der Waals surface area contributed by atoms with Crippen molar-refractivity contribution in [1.82, 2.24) is 0 Å². The number of anilines is 1. The molecule has 0 heterocycles. The number of amides is 1. The lowest BCUT2D eigenvalue weighted by molar-refractivity contribution is -0.146. The third-order valence-corrected chi connectivity index (χ3v) is 4.05. The molecule has 1 aromatic rings. The van der Waals surface area contributed by atoms with E-state index in [0.717, 1.165) is 11.1 Å². The maximum atomic E-state index is 13.6. The maximum Gasteiger partial charge on any atom is 0.307 e. The third-order valence-electron chi connectivity index (χ3n) is 4.05. The molecular weight excluding hydrogens is 273 g/mol. The highest BCUT2D eigenvalue weighted by atomic mass is 19.1. The fourth-order valence-electron chi connectivity index (χ4n) is 2.62. The van der Waals surface area contributed by atoms with Gasteiger partial charge in [-0.3, -0.25) is 9.59 Å². The van der Waals surface area contributed by atoms with Crippen molar-refractivity contribution in [3.05, 3.63) is 41.2 Å². The highest BCUT2D eigenvalue weighted by molar-refractivity contribution is 5.95. The van der Waals surface area contributed by atoms with E-state index < -0.39 is 29.5 Å². The van der Waals surface area contributed by atoms with Crippen LogP contribution in [0.25, 0.3) is 0 Å². The van der Waals surface area contributed by atoms with Gasteiger partial charge in [0, 0.05) is 0 Å². The number of aliphatic carboxylic acids is 1. The number of hydrogen-bond acceptors (Lipinski definition) is 2. The van der Waals surface area contributed by atoms with E-state index in [1.165, 1.54) is 18.2 Å². The summed E-state index contributed by atoms with van der Waals surface area (Å²) < 4.78 is 13.6. The van der Waals surface area contributed by atoms with Crippen LogP contribution in [0.2, 0.25) is 0 Å². The molecule has 1 amide bonds. The van der Waals surface area contributed by atoms with Crippen molar-refractivity contribution >= 4 is 17.6 Å². The Morgan fingerprint density at radius 1 is 1.14 bits per heavy atom. The lowest BCUT2D eigenvalue weighted by atomic mass is 9.76. The summed E-state index contributed by atoms with van der Waals surface area (Å²) in [6.07, 6.45) is 0.750. The Kier molecular flexibility index (Phi) is 4.40. The average molecular weight is 291 g/mol. The second-order valence-corrected chi connectivity index (χ2v) is 5.49. The lowest BCUT2D eigenvalue weighted by Crippen LogP contribution is -2.36. The van der Waals surface area contributed by atoms with Crippen LogP contribution in [0.3, 0.4) is 0 Å². The van der Waals surface area contributed by atoms with Gasteiger partial charge in [0.2, 0.25) is 5.91 Å². The van der Waals surface area contributed by atoms with E-state index in [1.54, 1.807) is 6.07 Å². The highest BCUT2D eigenvalue weighted by Crippen LogP contribution is 2.35. The first-order valence-corrected chi connectivity index (χ1v) is 6.83. The molecule has 0 saturated heterocycles. The van der Waals surface area contributed by atoms with E-state index in [1.807, 2.05) is 13.8 Å². The third kappa shape index (κ3) is 3.29. The number of allylic oxidation sites excluding steroid dienone is 2. The number of halogens is 1. The minimum atomic E-state index is -0.990. The van der Waals surface area contributed by atoms with Crippen molar-refractivity contribution in [3.63, 3.8) is 0 Å². The summed E-state index contributed by atoms with van der Waals surface area (Å²) in [7, 11) is 0. The van der Waals surface area contributed by atoms with Crippen LogP contribution < -0.4 is 5.32 Å². The SMILES string of the molecule is CC1=C(C)C[C@@H](C(=O)Nc2ccccc2F)[C@@H](C(=O)O)C1. The number of carboxylic acids is 1. The molecule has 21 heavy (non-hydrogen) atoms. The minimum absolute atomic E-state index is 0.0792. The van der Waals surface area contributed by atoms with Crippen LogP contribution in [0.5, 0.6) is 0 Å². The van der Waals surface area contributed by atoms with E-state index in [9.17, 15) is 19.1 Å². The van der Waals surface area contributed by atoms with Gasteiger partial charge in [0.25, 0.3) is 0 Å². The molecule has 0 fully saturated rings. The largest absolute Gasteiger partial charge is 0.481 e. The zero-order valence-electron chi connectivity index (χ0n) is 12.0. The molecule has 0 radical (unpaired) electrons. The monoisotopic (exact) mass is 291 g/mol. The van der Waals surface area contributed by atoms with Crippen LogP contribution in [-0.2, 0) is 9.59 Å². The van der Waals surface area contributed by atoms with E-state index in [2.05, 4.69) is 5.32 Å². The van der Waals surface area contributed by atoms with Gasteiger partial charge in [0.1, 0.15) is 5.82 Å². The van der Waals surface area contributed by atoms with Crippen molar-refractivity contribution in [2.75, 3.05) is 5.32 Å². The second kappa shape index (κ2) is 6.08. The number of carboxylic acid groups (broad SMARTS) is 1. The molecule has 0 unspecified atom stereocenters. The maximum absolute atomic E-state index is 13.6. The lowest BCUT2D eigenvalue weighted by Gasteiger charge is -2.29. The van der Waals surface area contributed by atoms with Gasteiger partial charge in [0.15, 0.2) is 0 Å². The number of carbonyl (C=O) groups excluding carboxylic acids is 1. The summed E-state index contributed by atoms with van der Waals surface area (Å²) in [5.41, 5.74) is 2.12. The highest BCUT2D eigenvalue weighted by Gasteiger charge is 2.37. The van der Waals surface area contributed by atoms with Gasteiger partial charge in [-0.05, 0) is 38.8 Å². The Morgan fingerprint density at radius 3 is 2.29 bits per heavy atom. The van der Waals surface area contributed by atoms with Crippen LogP contribution in [0.1, 0.15) is 26.7 Å². The summed E-state index contributed by atoms with van der Waals surface area (Å²) >= 11 is 0. The first kappa shape index (κ1) is 15.2. The first-order valence-electron chi connectivity index (χ1n) is 6.83. The van der Waals surface area contributed by atoms with Crippen molar-refractivity contribution in [2.45, 2.75) is 26.7 Å². The molecule has 0 saturated carbocycles. The van der Waals surface area contributed by atoms with Crippen LogP contribution in [0, 0.1) is 17.7 Å². The molecule has 0 bridgehead atoms. The molecule has 4 nitrogen and oxygen atoms in total. The number of para-hydroxylation sites is 1. The van der Waals surface area contributed by atoms with E-state index >= 15 is 0 Å². The quantitative estimate of drug-likeness (QED) is 0.840. The Bertz CT molecular complexity index is 609. The number of benzene rings is 1. The Balaban J connectivity index is 2.21. The topological polar surface area (TPSA) is 66.4 Å².